The standard InChI is InChI=1S/C16H23NO2S/c1-12-5-3-4-6-15(12)17-16(18)11-19-13-7-9-14(20-2)10-8-13/h7-10,12,15H,3-6,11H2,1-2H3,(H,17,18)/t12-,15+/m0/s1. The van der Waals surface area contributed by atoms with E-state index in [9.17, 15) is 4.79 Å². The summed E-state index contributed by atoms with van der Waals surface area (Å²) in [4.78, 5) is 13.1. The predicted molar refractivity (Wildman–Crippen MR) is 83.3 cm³/mol. The molecule has 1 aromatic rings. The van der Waals surface area contributed by atoms with Crippen molar-refractivity contribution in [2.75, 3.05) is 12.9 Å². The van der Waals surface area contributed by atoms with Gasteiger partial charge in [0, 0.05) is 10.9 Å². The van der Waals surface area contributed by atoms with Crippen LogP contribution in [0.1, 0.15) is 32.6 Å². The molecule has 3 nitrogen and oxygen atoms in total. The van der Waals surface area contributed by atoms with E-state index in [1.807, 2.05) is 30.5 Å². The van der Waals surface area contributed by atoms with Crippen molar-refractivity contribution >= 4 is 17.7 Å². The minimum absolute atomic E-state index is 0.0160. The van der Waals surface area contributed by atoms with Gasteiger partial charge in [0.15, 0.2) is 6.61 Å². The van der Waals surface area contributed by atoms with Crippen LogP contribution in [0.5, 0.6) is 5.75 Å². The lowest BCUT2D eigenvalue weighted by Crippen LogP contribution is -2.43. The third kappa shape index (κ3) is 4.44. The molecule has 1 amide bonds. The Hall–Kier alpha value is -1.16. The zero-order valence-electron chi connectivity index (χ0n) is 12.2. The zero-order chi connectivity index (χ0) is 14.4. The fourth-order valence-electron chi connectivity index (χ4n) is 2.60. The van der Waals surface area contributed by atoms with Crippen molar-refractivity contribution in [1.29, 1.82) is 0 Å². The number of thioether (sulfide) groups is 1. The maximum absolute atomic E-state index is 11.9. The molecule has 0 radical (unpaired) electrons. The van der Waals surface area contributed by atoms with Crippen LogP contribution in [0.3, 0.4) is 0 Å². The van der Waals surface area contributed by atoms with Crippen molar-refractivity contribution in [2.24, 2.45) is 5.92 Å². The van der Waals surface area contributed by atoms with E-state index in [0.29, 0.717) is 12.0 Å². The van der Waals surface area contributed by atoms with Gasteiger partial charge in [-0.3, -0.25) is 4.79 Å². The molecule has 1 N–H and O–H groups in total. The minimum Gasteiger partial charge on any atom is -0.484 e. The van der Waals surface area contributed by atoms with Gasteiger partial charge < -0.3 is 10.1 Å². The first-order chi connectivity index (χ1) is 9.69. The summed E-state index contributed by atoms with van der Waals surface area (Å²) in [5.41, 5.74) is 0. The lowest BCUT2D eigenvalue weighted by molar-refractivity contribution is -0.124. The highest BCUT2D eigenvalue weighted by atomic mass is 32.2. The topological polar surface area (TPSA) is 38.3 Å². The third-order valence-corrected chi connectivity index (χ3v) is 4.63. The van der Waals surface area contributed by atoms with Crippen LogP contribution < -0.4 is 10.1 Å². The molecule has 1 aliphatic carbocycles. The molecule has 0 unspecified atom stereocenters. The Morgan fingerprint density at radius 3 is 2.65 bits per heavy atom. The van der Waals surface area contributed by atoms with Crippen LogP contribution in [0.4, 0.5) is 0 Å². The number of ether oxygens (including phenoxy) is 1. The number of benzene rings is 1. The van der Waals surface area contributed by atoms with E-state index in [-0.39, 0.29) is 12.5 Å². The molecule has 1 aliphatic rings. The van der Waals surface area contributed by atoms with E-state index in [2.05, 4.69) is 12.2 Å². The van der Waals surface area contributed by atoms with Crippen LogP contribution in [-0.2, 0) is 4.79 Å². The van der Waals surface area contributed by atoms with Crippen molar-refractivity contribution in [1.82, 2.24) is 5.32 Å². The second-order valence-electron chi connectivity index (χ2n) is 5.40. The van der Waals surface area contributed by atoms with Crippen LogP contribution in [0.25, 0.3) is 0 Å². The molecule has 1 aromatic carbocycles. The number of hydrogen-bond acceptors (Lipinski definition) is 3. The van der Waals surface area contributed by atoms with E-state index in [1.54, 1.807) is 11.8 Å². The summed E-state index contributed by atoms with van der Waals surface area (Å²) in [5.74, 6) is 1.31. The molecule has 4 heteroatoms. The fourth-order valence-corrected chi connectivity index (χ4v) is 3.01. The van der Waals surface area contributed by atoms with Crippen molar-refractivity contribution < 1.29 is 9.53 Å². The second-order valence-corrected chi connectivity index (χ2v) is 6.28. The summed E-state index contributed by atoms with van der Waals surface area (Å²) in [6.45, 7) is 2.31. The van der Waals surface area contributed by atoms with Crippen LogP contribution in [0, 0.1) is 5.92 Å². The Morgan fingerprint density at radius 2 is 2.00 bits per heavy atom. The minimum atomic E-state index is -0.0160. The monoisotopic (exact) mass is 293 g/mol. The highest BCUT2D eigenvalue weighted by Gasteiger charge is 2.22. The second kappa shape index (κ2) is 7.58. The molecule has 110 valence electrons. The fraction of sp³-hybridized carbons (Fsp3) is 0.562. The normalized spacial score (nSPS) is 22.3. The number of carbonyl (C=O) groups excluding carboxylic acids is 1. The van der Waals surface area contributed by atoms with E-state index in [0.717, 1.165) is 12.2 Å². The van der Waals surface area contributed by atoms with Gasteiger partial charge in [0.25, 0.3) is 5.91 Å². The average Bonchev–Trinajstić information content (AvgIpc) is 2.48. The van der Waals surface area contributed by atoms with Crippen molar-refractivity contribution in [3.63, 3.8) is 0 Å². The SMILES string of the molecule is CSc1ccc(OCC(=O)N[C@@H]2CCCC[C@@H]2C)cc1. The van der Waals surface area contributed by atoms with Gasteiger partial charge in [0.2, 0.25) is 0 Å². The first-order valence-electron chi connectivity index (χ1n) is 7.25. The van der Waals surface area contributed by atoms with Gasteiger partial charge in [-0.2, -0.15) is 0 Å². The number of hydrogen-bond donors (Lipinski definition) is 1. The quantitative estimate of drug-likeness (QED) is 0.845. The van der Waals surface area contributed by atoms with Crippen LogP contribution in [0.15, 0.2) is 29.2 Å². The van der Waals surface area contributed by atoms with Crippen molar-refractivity contribution in [3.05, 3.63) is 24.3 Å². The molecule has 0 aliphatic heterocycles. The Bertz CT molecular complexity index is 433. The Balaban J connectivity index is 1.76. The Kier molecular flexibility index (Phi) is 5.77. The average molecular weight is 293 g/mol. The van der Waals surface area contributed by atoms with Gasteiger partial charge >= 0.3 is 0 Å². The first kappa shape index (κ1) is 15.2. The molecule has 2 atom stereocenters. The lowest BCUT2D eigenvalue weighted by Gasteiger charge is -2.29. The predicted octanol–water partition coefficient (Wildman–Crippen LogP) is 3.48. The molecule has 0 spiro atoms. The number of amides is 1. The molecule has 0 aromatic heterocycles. The van der Waals surface area contributed by atoms with Crippen molar-refractivity contribution in [2.45, 2.75) is 43.5 Å². The summed E-state index contributed by atoms with van der Waals surface area (Å²) in [6, 6.07) is 8.13. The van der Waals surface area contributed by atoms with Gasteiger partial charge in [-0.15, -0.1) is 11.8 Å². The van der Waals surface area contributed by atoms with Crippen LogP contribution in [-0.4, -0.2) is 24.8 Å². The third-order valence-electron chi connectivity index (χ3n) is 3.89. The van der Waals surface area contributed by atoms with Crippen molar-refractivity contribution in [3.8, 4) is 5.75 Å². The summed E-state index contributed by atoms with van der Waals surface area (Å²) < 4.78 is 5.52. The maximum atomic E-state index is 11.9. The van der Waals surface area contributed by atoms with Crippen LogP contribution >= 0.6 is 11.8 Å². The van der Waals surface area contributed by atoms with Gasteiger partial charge in [-0.05, 0) is 49.3 Å². The summed E-state index contributed by atoms with van der Waals surface area (Å²) >= 11 is 1.69. The lowest BCUT2D eigenvalue weighted by atomic mass is 9.86. The molecule has 2 rings (SSSR count). The van der Waals surface area contributed by atoms with Gasteiger partial charge in [0.1, 0.15) is 5.75 Å². The van der Waals surface area contributed by atoms with Gasteiger partial charge in [-0.1, -0.05) is 19.8 Å². The summed E-state index contributed by atoms with van der Waals surface area (Å²) in [5, 5.41) is 3.09. The molecular formula is C16H23NO2S. The Morgan fingerprint density at radius 1 is 1.30 bits per heavy atom. The van der Waals surface area contributed by atoms with E-state index in [1.165, 1.54) is 24.2 Å². The van der Waals surface area contributed by atoms with E-state index >= 15 is 0 Å². The van der Waals surface area contributed by atoms with Gasteiger partial charge in [-0.25, -0.2) is 0 Å². The first-order valence-corrected chi connectivity index (χ1v) is 8.47. The van der Waals surface area contributed by atoms with Crippen LogP contribution in [0.2, 0.25) is 0 Å². The van der Waals surface area contributed by atoms with E-state index in [4.69, 9.17) is 4.74 Å². The highest BCUT2D eigenvalue weighted by molar-refractivity contribution is 7.98. The Labute approximate surface area is 125 Å². The highest BCUT2D eigenvalue weighted by Crippen LogP contribution is 2.23. The number of carbonyl (C=O) groups is 1. The molecule has 1 saturated carbocycles. The summed E-state index contributed by atoms with van der Waals surface area (Å²) in [7, 11) is 0. The molecule has 20 heavy (non-hydrogen) atoms. The molecule has 0 heterocycles. The molecule has 1 fully saturated rings. The number of nitrogens with one attached hydrogen (secondary N) is 1. The molecule has 0 bridgehead atoms. The largest absolute Gasteiger partial charge is 0.484 e. The number of rotatable bonds is 5. The summed E-state index contributed by atoms with van der Waals surface area (Å²) in [6.07, 6.45) is 6.84. The zero-order valence-corrected chi connectivity index (χ0v) is 13.0. The maximum Gasteiger partial charge on any atom is 0.258 e. The molecule has 0 saturated heterocycles. The molecular weight excluding hydrogens is 270 g/mol. The van der Waals surface area contributed by atoms with Gasteiger partial charge in [0.05, 0.1) is 0 Å². The smallest absolute Gasteiger partial charge is 0.258 e. The van der Waals surface area contributed by atoms with E-state index < -0.39 is 0 Å².